The van der Waals surface area contributed by atoms with E-state index in [1.807, 2.05) is 0 Å². The monoisotopic (exact) mass is 365 g/mol. The van der Waals surface area contributed by atoms with Gasteiger partial charge in [0, 0.05) is 19.1 Å². The summed E-state index contributed by atoms with van der Waals surface area (Å²) in [7, 11) is 0. The Kier molecular flexibility index (Phi) is 6.68. The number of rotatable bonds is 7. The minimum Gasteiger partial charge on any atom is -0.487 e. The smallest absolute Gasteiger partial charge is 0.317 e. The standard InChI is InChI=1S/C19H28FN3O3/c20-15-5-7-17(8-6-15)26-18-12-23(13-18)19(25)21-9-3-11-22-10-2-1-4-16(22)14-24/h5-8,16,18,24H,1-4,9-14H2,(H,21,25)/t16-/m0/s1. The van der Waals surface area contributed by atoms with Gasteiger partial charge in [-0.2, -0.15) is 0 Å². The first kappa shape index (κ1) is 18.9. The van der Waals surface area contributed by atoms with Gasteiger partial charge in [0.05, 0.1) is 19.7 Å². The van der Waals surface area contributed by atoms with Crippen molar-refractivity contribution < 1.29 is 19.0 Å². The Labute approximate surface area is 153 Å². The number of hydrogen-bond acceptors (Lipinski definition) is 4. The number of likely N-dealkylation sites (tertiary alicyclic amines) is 2. The summed E-state index contributed by atoms with van der Waals surface area (Å²) in [6.07, 6.45) is 4.28. The second kappa shape index (κ2) is 9.19. The number of piperidine rings is 1. The number of amides is 2. The molecule has 0 aliphatic carbocycles. The zero-order valence-corrected chi connectivity index (χ0v) is 15.1. The second-order valence-corrected chi connectivity index (χ2v) is 7.05. The molecular formula is C19H28FN3O3. The number of halogens is 1. The molecule has 1 aromatic carbocycles. The average Bonchev–Trinajstić information content (AvgIpc) is 2.63. The third-order valence-corrected chi connectivity index (χ3v) is 5.11. The number of aliphatic hydroxyl groups excluding tert-OH is 1. The van der Waals surface area contributed by atoms with Crippen LogP contribution in [0.15, 0.2) is 24.3 Å². The summed E-state index contributed by atoms with van der Waals surface area (Å²) in [6.45, 7) is 3.88. The number of hydrogen-bond donors (Lipinski definition) is 2. The Morgan fingerprint density at radius 2 is 2.04 bits per heavy atom. The molecule has 0 radical (unpaired) electrons. The first-order chi connectivity index (χ1) is 12.7. The van der Waals surface area contributed by atoms with E-state index in [2.05, 4.69) is 10.2 Å². The summed E-state index contributed by atoms with van der Waals surface area (Å²) in [5.41, 5.74) is 0. The fourth-order valence-electron chi connectivity index (χ4n) is 3.53. The van der Waals surface area contributed by atoms with Gasteiger partial charge in [0.1, 0.15) is 17.7 Å². The van der Waals surface area contributed by atoms with Crippen molar-refractivity contribution in [3.63, 3.8) is 0 Å². The number of aliphatic hydroxyl groups is 1. The molecule has 0 bridgehead atoms. The van der Waals surface area contributed by atoms with E-state index >= 15 is 0 Å². The molecule has 2 amide bonds. The lowest BCUT2D eigenvalue weighted by atomic mass is 10.0. The Bertz CT molecular complexity index is 578. The molecule has 6 nitrogen and oxygen atoms in total. The fraction of sp³-hybridized carbons (Fsp3) is 0.632. The van der Waals surface area contributed by atoms with Crippen LogP contribution >= 0.6 is 0 Å². The van der Waals surface area contributed by atoms with Crippen molar-refractivity contribution in [2.75, 3.05) is 39.3 Å². The van der Waals surface area contributed by atoms with Gasteiger partial charge >= 0.3 is 6.03 Å². The summed E-state index contributed by atoms with van der Waals surface area (Å²) >= 11 is 0. The Morgan fingerprint density at radius 1 is 1.27 bits per heavy atom. The maximum Gasteiger partial charge on any atom is 0.317 e. The van der Waals surface area contributed by atoms with Crippen LogP contribution in [0.3, 0.4) is 0 Å². The molecule has 0 unspecified atom stereocenters. The molecule has 2 saturated heterocycles. The van der Waals surface area contributed by atoms with Crippen LogP contribution in [0.5, 0.6) is 5.75 Å². The van der Waals surface area contributed by atoms with Gasteiger partial charge in [0.15, 0.2) is 0 Å². The summed E-state index contributed by atoms with van der Waals surface area (Å²) in [6, 6.07) is 6.13. The third kappa shape index (κ3) is 5.08. The Hall–Kier alpha value is -1.86. The molecule has 2 N–H and O–H groups in total. The lowest BCUT2D eigenvalue weighted by Gasteiger charge is -2.39. The van der Waals surface area contributed by atoms with Crippen LogP contribution in [0.25, 0.3) is 0 Å². The van der Waals surface area contributed by atoms with Crippen LogP contribution in [-0.2, 0) is 0 Å². The largest absolute Gasteiger partial charge is 0.487 e. The van der Waals surface area contributed by atoms with Gasteiger partial charge in [0.2, 0.25) is 0 Å². The zero-order chi connectivity index (χ0) is 18.4. The summed E-state index contributed by atoms with van der Waals surface area (Å²) < 4.78 is 18.6. The van der Waals surface area contributed by atoms with Gasteiger partial charge in [-0.15, -0.1) is 0 Å². The first-order valence-corrected chi connectivity index (χ1v) is 9.45. The predicted molar refractivity (Wildman–Crippen MR) is 96.7 cm³/mol. The Balaban J connectivity index is 1.28. The summed E-state index contributed by atoms with van der Waals surface area (Å²) in [4.78, 5) is 16.1. The molecule has 1 atom stereocenters. The summed E-state index contributed by atoms with van der Waals surface area (Å²) in [5, 5.41) is 12.4. The first-order valence-electron chi connectivity index (χ1n) is 9.45. The minimum absolute atomic E-state index is 0.0372. The van der Waals surface area contributed by atoms with E-state index in [0.29, 0.717) is 25.4 Å². The third-order valence-electron chi connectivity index (χ3n) is 5.11. The van der Waals surface area contributed by atoms with Gasteiger partial charge in [0.25, 0.3) is 0 Å². The van der Waals surface area contributed by atoms with Crippen LogP contribution in [0, 0.1) is 5.82 Å². The molecule has 3 rings (SSSR count). The molecule has 0 spiro atoms. The van der Waals surface area contributed by atoms with E-state index in [1.54, 1.807) is 17.0 Å². The molecular weight excluding hydrogens is 337 g/mol. The lowest BCUT2D eigenvalue weighted by Crippen LogP contribution is -2.59. The highest BCUT2D eigenvalue weighted by atomic mass is 19.1. The lowest BCUT2D eigenvalue weighted by molar-refractivity contribution is 0.0441. The molecule has 1 aromatic rings. The maximum absolute atomic E-state index is 12.9. The van der Waals surface area contributed by atoms with E-state index in [0.717, 1.165) is 25.9 Å². The Morgan fingerprint density at radius 3 is 2.77 bits per heavy atom. The van der Waals surface area contributed by atoms with E-state index in [4.69, 9.17) is 4.74 Å². The molecule has 26 heavy (non-hydrogen) atoms. The topological polar surface area (TPSA) is 65.0 Å². The average molecular weight is 365 g/mol. The number of ether oxygens (including phenoxy) is 1. The number of benzene rings is 1. The minimum atomic E-state index is -0.290. The zero-order valence-electron chi connectivity index (χ0n) is 15.1. The van der Waals surface area contributed by atoms with Gasteiger partial charge in [-0.05, 0) is 50.1 Å². The summed E-state index contributed by atoms with van der Waals surface area (Å²) in [5.74, 6) is 0.332. The van der Waals surface area contributed by atoms with Crippen molar-refractivity contribution in [1.82, 2.24) is 15.1 Å². The van der Waals surface area contributed by atoms with E-state index in [9.17, 15) is 14.3 Å². The number of nitrogens with one attached hydrogen (secondary N) is 1. The van der Waals surface area contributed by atoms with E-state index in [-0.39, 0.29) is 30.6 Å². The van der Waals surface area contributed by atoms with Crippen LogP contribution in [0.2, 0.25) is 0 Å². The fourth-order valence-corrected chi connectivity index (χ4v) is 3.53. The van der Waals surface area contributed by atoms with Crippen LogP contribution < -0.4 is 10.1 Å². The second-order valence-electron chi connectivity index (χ2n) is 7.05. The molecule has 2 heterocycles. The van der Waals surface area contributed by atoms with Crippen LogP contribution in [0.1, 0.15) is 25.7 Å². The van der Waals surface area contributed by atoms with Crippen molar-refractivity contribution in [2.45, 2.75) is 37.8 Å². The van der Waals surface area contributed by atoms with E-state index in [1.165, 1.54) is 25.0 Å². The highest BCUT2D eigenvalue weighted by Crippen LogP contribution is 2.19. The number of urea groups is 1. The van der Waals surface area contributed by atoms with Gasteiger partial charge in [-0.1, -0.05) is 6.42 Å². The number of carbonyl (C=O) groups excluding carboxylic acids is 1. The van der Waals surface area contributed by atoms with Gasteiger partial charge in [-0.3, -0.25) is 4.90 Å². The number of nitrogens with zero attached hydrogens (tertiary/aromatic N) is 2. The van der Waals surface area contributed by atoms with Crippen molar-refractivity contribution in [2.24, 2.45) is 0 Å². The molecule has 2 aliphatic rings. The predicted octanol–water partition coefficient (Wildman–Crippen LogP) is 1.84. The quantitative estimate of drug-likeness (QED) is 0.724. The molecule has 144 valence electrons. The van der Waals surface area contributed by atoms with E-state index < -0.39 is 0 Å². The normalized spacial score (nSPS) is 21.3. The van der Waals surface area contributed by atoms with Crippen molar-refractivity contribution in [1.29, 1.82) is 0 Å². The molecule has 0 saturated carbocycles. The highest BCUT2D eigenvalue weighted by Gasteiger charge is 2.32. The van der Waals surface area contributed by atoms with Crippen molar-refractivity contribution in [3.8, 4) is 5.75 Å². The molecule has 0 aromatic heterocycles. The van der Waals surface area contributed by atoms with Gasteiger partial charge in [-0.25, -0.2) is 9.18 Å². The maximum atomic E-state index is 12.9. The van der Waals surface area contributed by atoms with Crippen molar-refractivity contribution >= 4 is 6.03 Å². The highest BCUT2D eigenvalue weighted by molar-refractivity contribution is 5.75. The SMILES string of the molecule is O=C(NCCCN1CCCC[C@H]1CO)N1CC(Oc2ccc(F)cc2)C1. The molecule has 7 heteroatoms. The van der Waals surface area contributed by atoms with Gasteiger partial charge < -0.3 is 20.1 Å². The molecule has 2 fully saturated rings. The molecule has 2 aliphatic heterocycles. The van der Waals surface area contributed by atoms with Crippen molar-refractivity contribution in [3.05, 3.63) is 30.1 Å². The number of carbonyl (C=O) groups is 1. The van der Waals surface area contributed by atoms with Crippen LogP contribution in [0.4, 0.5) is 9.18 Å². The van der Waals surface area contributed by atoms with Crippen LogP contribution in [-0.4, -0.2) is 72.4 Å².